The molecule has 6 rings (SSSR count). The highest BCUT2D eigenvalue weighted by atomic mass is 32.2. The van der Waals surface area contributed by atoms with Crippen molar-refractivity contribution in [3.63, 3.8) is 0 Å². The molecule has 6 N–H and O–H groups in total. The maximum atomic E-state index is 13.2. The fourth-order valence-electron chi connectivity index (χ4n) is 6.03. The van der Waals surface area contributed by atoms with Crippen molar-refractivity contribution in [3.05, 3.63) is 72.8 Å². The SMILES string of the molecule is COc1cc(S(=O)(=O)O)c(OC)cc1N=Nc1cc(OCCO)c(N=Nc2c(S(=O)(=O)O)cc3cc(N=NC4C(=O)N(c5ccc(S(=O)(=O)O)cc5)N=C4C)ccc3c2O)cc1OCCO. The van der Waals surface area contributed by atoms with Gasteiger partial charge in [0.2, 0.25) is 0 Å². The molecule has 28 heteroatoms. The van der Waals surface area contributed by atoms with Crippen LogP contribution in [0.1, 0.15) is 6.92 Å². The number of phenolic OH excluding ortho intramolecular Hbond substituents is 1. The second-order valence-corrected chi connectivity index (χ2v) is 17.6. The maximum Gasteiger partial charge on any atom is 0.298 e. The second-order valence-electron chi connectivity index (χ2n) is 13.4. The Balaban J connectivity index is 1.35. The minimum absolute atomic E-state index is 0.000613. The van der Waals surface area contributed by atoms with E-state index in [-0.39, 0.29) is 81.1 Å². The third-order valence-corrected chi connectivity index (χ3v) is 11.7. The zero-order chi connectivity index (χ0) is 48.1. The van der Waals surface area contributed by atoms with E-state index in [0.29, 0.717) is 0 Å². The molecule has 5 aromatic rings. The van der Waals surface area contributed by atoms with Gasteiger partial charge in [0.15, 0.2) is 11.8 Å². The van der Waals surface area contributed by atoms with Crippen molar-refractivity contribution in [2.45, 2.75) is 27.7 Å². The van der Waals surface area contributed by atoms with Gasteiger partial charge < -0.3 is 34.3 Å². The summed E-state index contributed by atoms with van der Waals surface area (Å²) in [5.74, 6) is -2.15. The molecule has 0 spiro atoms. The summed E-state index contributed by atoms with van der Waals surface area (Å²) in [5, 5.41) is 60.0. The average molecular weight is 973 g/mol. The predicted octanol–water partition coefficient (Wildman–Crippen LogP) is 5.75. The average Bonchev–Trinajstić information content (AvgIpc) is 3.56. The van der Waals surface area contributed by atoms with E-state index < -0.39 is 81.6 Å². The van der Waals surface area contributed by atoms with E-state index >= 15 is 0 Å². The van der Waals surface area contributed by atoms with E-state index in [1.54, 1.807) is 0 Å². The van der Waals surface area contributed by atoms with Crippen LogP contribution in [0.15, 0.2) is 123 Å². The van der Waals surface area contributed by atoms with Crippen molar-refractivity contribution >= 4 is 86.9 Å². The third kappa shape index (κ3) is 10.7. The number of anilines is 1. The van der Waals surface area contributed by atoms with Gasteiger partial charge in [0, 0.05) is 29.7 Å². The van der Waals surface area contributed by atoms with Crippen LogP contribution in [0.25, 0.3) is 10.8 Å². The number of fused-ring (bicyclic) bond motifs is 1. The van der Waals surface area contributed by atoms with Crippen LogP contribution in [0.4, 0.5) is 34.1 Å². The summed E-state index contributed by atoms with van der Waals surface area (Å²) in [5.41, 5.74) is -0.652. The van der Waals surface area contributed by atoms with Crippen molar-refractivity contribution < 1.29 is 78.0 Å². The molecule has 1 aliphatic heterocycles. The van der Waals surface area contributed by atoms with Crippen LogP contribution >= 0.6 is 0 Å². The Kier molecular flexibility index (Phi) is 14.4. The summed E-state index contributed by atoms with van der Waals surface area (Å²) in [6, 6.07) is 12.9. The number of benzene rings is 5. The molecule has 0 aliphatic carbocycles. The third-order valence-electron chi connectivity index (χ3n) is 9.08. The molecule has 1 heterocycles. The van der Waals surface area contributed by atoms with Crippen molar-refractivity contribution in [1.82, 2.24) is 0 Å². The molecule has 0 aromatic heterocycles. The Morgan fingerprint density at radius 3 is 1.73 bits per heavy atom. The first kappa shape index (κ1) is 48.4. The van der Waals surface area contributed by atoms with Crippen LogP contribution in [-0.2, 0) is 35.1 Å². The minimum Gasteiger partial charge on any atom is -0.505 e. The van der Waals surface area contributed by atoms with Crippen LogP contribution in [0.2, 0.25) is 0 Å². The smallest absolute Gasteiger partial charge is 0.298 e. The van der Waals surface area contributed by atoms with Crippen molar-refractivity contribution in [1.29, 1.82) is 0 Å². The van der Waals surface area contributed by atoms with Crippen LogP contribution in [0.3, 0.4) is 0 Å². The minimum atomic E-state index is -5.15. The molecule has 0 saturated carbocycles. The van der Waals surface area contributed by atoms with Crippen LogP contribution in [-0.4, -0.2) is 113 Å². The number of carbonyl (C=O) groups excluding carboxylic acids is 1. The molecule has 0 bridgehead atoms. The largest absolute Gasteiger partial charge is 0.505 e. The van der Waals surface area contributed by atoms with Crippen LogP contribution in [0.5, 0.6) is 28.7 Å². The first-order valence-corrected chi connectivity index (χ1v) is 22.9. The zero-order valence-electron chi connectivity index (χ0n) is 34.3. The molecule has 25 nitrogen and oxygen atoms in total. The molecular formula is C38H36N8O17S3. The number of rotatable bonds is 18. The number of ether oxygens (including phenoxy) is 4. The highest BCUT2D eigenvalue weighted by Crippen LogP contribution is 2.46. The predicted molar refractivity (Wildman–Crippen MR) is 230 cm³/mol. The lowest BCUT2D eigenvalue weighted by Crippen LogP contribution is -2.29. The summed E-state index contributed by atoms with van der Waals surface area (Å²) in [6.45, 7) is -0.0850. The Labute approximate surface area is 374 Å². The first-order valence-electron chi connectivity index (χ1n) is 18.6. The van der Waals surface area contributed by atoms with Crippen molar-refractivity contribution in [2.75, 3.05) is 45.7 Å². The van der Waals surface area contributed by atoms with Crippen molar-refractivity contribution in [3.8, 4) is 28.7 Å². The number of azo groups is 3. The van der Waals surface area contributed by atoms with Gasteiger partial charge in [-0.05, 0) is 60.8 Å². The Morgan fingerprint density at radius 2 is 1.20 bits per heavy atom. The van der Waals surface area contributed by atoms with E-state index in [0.717, 1.165) is 42.5 Å². The number of aliphatic hydroxyl groups is 2. The second kappa shape index (κ2) is 19.6. The van der Waals surface area contributed by atoms with Gasteiger partial charge in [-0.25, -0.2) is 0 Å². The van der Waals surface area contributed by atoms with E-state index in [9.17, 15) is 59.0 Å². The lowest BCUT2D eigenvalue weighted by molar-refractivity contribution is -0.117. The molecular weight excluding hydrogens is 937 g/mol. The molecule has 0 radical (unpaired) electrons. The van der Waals surface area contributed by atoms with Gasteiger partial charge in [-0.3, -0.25) is 18.5 Å². The molecule has 1 amide bonds. The van der Waals surface area contributed by atoms with E-state index in [1.807, 2.05) is 0 Å². The summed E-state index contributed by atoms with van der Waals surface area (Å²) in [4.78, 5) is 11.3. The quantitative estimate of drug-likeness (QED) is 0.0449. The van der Waals surface area contributed by atoms with Crippen molar-refractivity contribution in [2.24, 2.45) is 35.8 Å². The molecule has 1 unspecified atom stereocenters. The van der Waals surface area contributed by atoms with Gasteiger partial charge in [0.05, 0.1) is 49.4 Å². The fourth-order valence-corrected chi connectivity index (χ4v) is 7.82. The lowest BCUT2D eigenvalue weighted by atomic mass is 10.1. The topological polar surface area (TPSA) is 368 Å². The number of carbonyl (C=O) groups is 1. The molecule has 1 aliphatic rings. The molecule has 348 valence electrons. The number of hydrazone groups is 1. The lowest BCUT2D eigenvalue weighted by Gasteiger charge is -2.13. The monoisotopic (exact) mass is 972 g/mol. The number of phenols is 1. The molecule has 66 heavy (non-hydrogen) atoms. The molecule has 1 atom stereocenters. The van der Waals surface area contributed by atoms with E-state index in [2.05, 4.69) is 35.8 Å². The van der Waals surface area contributed by atoms with Crippen LogP contribution < -0.4 is 24.0 Å². The Bertz CT molecular complexity index is 3180. The number of hydrogen-bond donors (Lipinski definition) is 6. The van der Waals surface area contributed by atoms with E-state index in [4.69, 9.17) is 18.9 Å². The molecule has 0 saturated heterocycles. The maximum absolute atomic E-state index is 13.2. The summed E-state index contributed by atoms with van der Waals surface area (Å²) >= 11 is 0. The summed E-state index contributed by atoms with van der Waals surface area (Å²) in [7, 11) is -12.0. The Hall–Kier alpha value is -7.05. The van der Waals surface area contributed by atoms with Crippen LogP contribution in [0, 0.1) is 0 Å². The van der Waals surface area contributed by atoms with Gasteiger partial charge in [-0.2, -0.15) is 45.6 Å². The number of hydrogen-bond acceptors (Lipinski definition) is 21. The number of aromatic hydroxyl groups is 1. The summed E-state index contributed by atoms with van der Waals surface area (Å²) < 4.78 is 123. The molecule has 0 fully saturated rings. The summed E-state index contributed by atoms with van der Waals surface area (Å²) in [6.07, 6.45) is 0. The van der Waals surface area contributed by atoms with Gasteiger partial charge in [-0.15, -0.1) is 20.5 Å². The highest BCUT2D eigenvalue weighted by molar-refractivity contribution is 7.86. The first-order chi connectivity index (χ1) is 31.2. The normalized spacial score (nSPS) is 14.8. The standard InChI is InChI=1S/C38H36N8O17S3/c1-20-35(38(50)46(45-20)23-5-7-24(8-6-23)64(51,52)53)43-39-22-4-9-25-21(14-22)15-34(66(57,58)59)36(37(25)49)44-42-28-17-30(62-12-10-47)27(16-31(28)63-13-11-48)41-40-26-18-32(61-3)33(65(54,55)56)19-29(26)60-2/h4-9,14-19,35,47-49H,10-13H2,1-3H3,(H,51,52,53)(H,54,55,56)(H,57,58,59). The van der Waals surface area contributed by atoms with Gasteiger partial charge in [0.1, 0.15) is 68.8 Å². The van der Waals surface area contributed by atoms with Gasteiger partial charge >= 0.3 is 0 Å². The highest BCUT2D eigenvalue weighted by Gasteiger charge is 2.35. The van der Waals surface area contributed by atoms with E-state index in [1.165, 1.54) is 56.5 Å². The van der Waals surface area contributed by atoms with Gasteiger partial charge in [-0.1, -0.05) is 0 Å². The zero-order valence-corrected chi connectivity index (χ0v) is 36.8. The van der Waals surface area contributed by atoms with Gasteiger partial charge in [0.25, 0.3) is 36.3 Å². The fraction of sp³-hybridized carbons (Fsp3) is 0.211. The molecule has 5 aromatic carbocycles. The Morgan fingerprint density at radius 1 is 0.652 bits per heavy atom. The number of nitrogens with zero attached hydrogens (tertiary/aromatic N) is 8. The number of amides is 1. The number of methoxy groups -OCH3 is 2. The number of aliphatic hydroxyl groups excluding tert-OH is 2.